The molecule has 0 radical (unpaired) electrons. The third kappa shape index (κ3) is 4.20. The molecule has 1 atom stereocenters. The van der Waals surface area contributed by atoms with E-state index in [0.717, 1.165) is 40.3 Å². The second-order valence-electron chi connectivity index (χ2n) is 14.3. The van der Waals surface area contributed by atoms with E-state index in [9.17, 15) is 0 Å². The molecule has 236 valence electrons. The second-order valence-corrected chi connectivity index (χ2v) is 15.4. The molecule has 0 spiro atoms. The summed E-state index contributed by atoms with van der Waals surface area (Å²) in [4.78, 5) is 12.8. The smallest absolute Gasteiger partial charge is 0.159 e. The molecule has 6 aromatic carbocycles. The van der Waals surface area contributed by atoms with Gasteiger partial charge in [-0.15, -0.1) is 11.3 Å². The summed E-state index contributed by atoms with van der Waals surface area (Å²) < 4.78 is 3.70. The first kappa shape index (κ1) is 28.7. The largest absolute Gasteiger partial charge is 0.292 e. The number of thiophene rings is 1. The maximum Gasteiger partial charge on any atom is 0.159 e. The van der Waals surface area contributed by atoms with Gasteiger partial charge in [-0.2, -0.15) is 0 Å². The van der Waals surface area contributed by atoms with E-state index in [0.29, 0.717) is 12.5 Å². The van der Waals surface area contributed by atoms with E-state index in [1.165, 1.54) is 58.8 Å². The Morgan fingerprint density at radius 3 is 2.24 bits per heavy atom. The van der Waals surface area contributed by atoms with Gasteiger partial charge < -0.3 is 0 Å². The zero-order valence-corrected chi connectivity index (χ0v) is 28.7. The minimum absolute atomic E-state index is 0.126. The molecule has 49 heavy (non-hydrogen) atoms. The number of hydrogen-bond donors (Lipinski definition) is 0. The van der Waals surface area contributed by atoms with Crippen molar-refractivity contribution in [3.05, 3.63) is 149 Å². The molecule has 8 aromatic rings. The zero-order valence-electron chi connectivity index (χ0n) is 27.9. The topological polar surface area (TPSA) is 29.6 Å². The van der Waals surface area contributed by atoms with Crippen molar-refractivity contribution in [1.82, 2.24) is 4.57 Å². The first-order valence-electron chi connectivity index (χ1n) is 17.3. The molecule has 0 saturated heterocycles. The van der Waals surface area contributed by atoms with Crippen LogP contribution in [0.3, 0.4) is 0 Å². The van der Waals surface area contributed by atoms with Crippen LogP contribution in [0.2, 0.25) is 0 Å². The SMILES string of the molecule is CC1CN=C(n2c3ccccc3c3cc4ccccc4cc32)C(c2cccc3c2-c2ccccc2C3(C)C)=Nc2c(sc3ccccc23)C1. The summed E-state index contributed by atoms with van der Waals surface area (Å²) in [6, 6.07) is 46.7. The van der Waals surface area contributed by atoms with Gasteiger partial charge in [0.25, 0.3) is 0 Å². The first-order chi connectivity index (χ1) is 24.0. The highest BCUT2D eigenvalue weighted by atomic mass is 32.1. The summed E-state index contributed by atoms with van der Waals surface area (Å²) in [7, 11) is 0. The Bertz CT molecular complexity index is 2720. The number of para-hydroxylation sites is 1. The van der Waals surface area contributed by atoms with Crippen LogP contribution in [0.4, 0.5) is 5.69 Å². The number of aromatic nitrogens is 1. The molecular weight excluding hydrogens is 615 g/mol. The van der Waals surface area contributed by atoms with Gasteiger partial charge in [-0.25, -0.2) is 4.99 Å². The van der Waals surface area contributed by atoms with Gasteiger partial charge in [0, 0.05) is 43.3 Å². The third-order valence-electron chi connectivity index (χ3n) is 10.8. The van der Waals surface area contributed by atoms with Crippen LogP contribution in [0.5, 0.6) is 0 Å². The van der Waals surface area contributed by atoms with E-state index in [-0.39, 0.29) is 5.41 Å². The molecule has 0 N–H and O–H groups in total. The van der Waals surface area contributed by atoms with Gasteiger partial charge in [0.05, 0.1) is 16.7 Å². The highest BCUT2D eigenvalue weighted by molar-refractivity contribution is 7.19. The van der Waals surface area contributed by atoms with E-state index >= 15 is 0 Å². The molecule has 3 nitrogen and oxygen atoms in total. The van der Waals surface area contributed by atoms with E-state index in [2.05, 4.69) is 153 Å². The Morgan fingerprint density at radius 2 is 1.37 bits per heavy atom. The molecule has 3 heterocycles. The fraction of sp³-hybridized carbons (Fsp3) is 0.156. The molecule has 1 unspecified atom stereocenters. The van der Waals surface area contributed by atoms with Crippen LogP contribution in [0.25, 0.3) is 53.8 Å². The predicted octanol–water partition coefficient (Wildman–Crippen LogP) is 11.7. The fourth-order valence-corrected chi connectivity index (χ4v) is 9.70. The fourth-order valence-electron chi connectivity index (χ4n) is 8.40. The lowest BCUT2D eigenvalue weighted by Gasteiger charge is -2.22. The molecule has 2 aromatic heterocycles. The Hall–Kier alpha value is -5.32. The average molecular weight is 650 g/mol. The zero-order chi connectivity index (χ0) is 32.9. The number of benzene rings is 6. The third-order valence-corrected chi connectivity index (χ3v) is 12.0. The van der Waals surface area contributed by atoms with Crippen molar-refractivity contribution in [2.45, 2.75) is 32.6 Å². The van der Waals surface area contributed by atoms with Crippen LogP contribution in [0, 0.1) is 5.92 Å². The number of hydrogen-bond acceptors (Lipinski definition) is 3. The van der Waals surface area contributed by atoms with Crippen molar-refractivity contribution in [3.63, 3.8) is 0 Å². The number of fused-ring (bicyclic) bond motifs is 10. The molecule has 4 heteroatoms. The van der Waals surface area contributed by atoms with Crippen LogP contribution in [-0.4, -0.2) is 22.7 Å². The van der Waals surface area contributed by atoms with Gasteiger partial charge in [0.1, 0.15) is 5.71 Å². The lowest BCUT2D eigenvalue weighted by Crippen LogP contribution is -2.26. The predicted molar refractivity (Wildman–Crippen MR) is 210 cm³/mol. The lowest BCUT2D eigenvalue weighted by atomic mass is 9.82. The van der Waals surface area contributed by atoms with Gasteiger partial charge in [0.15, 0.2) is 5.84 Å². The Morgan fingerprint density at radius 1 is 0.673 bits per heavy atom. The van der Waals surface area contributed by atoms with Crippen molar-refractivity contribution in [2.75, 3.05) is 6.54 Å². The highest BCUT2D eigenvalue weighted by Crippen LogP contribution is 2.51. The average Bonchev–Trinajstić information content (AvgIpc) is 3.73. The van der Waals surface area contributed by atoms with Crippen LogP contribution in [0.1, 0.15) is 42.3 Å². The van der Waals surface area contributed by atoms with Crippen molar-refractivity contribution in [2.24, 2.45) is 15.9 Å². The van der Waals surface area contributed by atoms with E-state index in [1.807, 2.05) is 11.3 Å². The highest BCUT2D eigenvalue weighted by Gasteiger charge is 2.38. The number of rotatable bonds is 1. The van der Waals surface area contributed by atoms with Gasteiger partial charge in [-0.1, -0.05) is 124 Å². The minimum Gasteiger partial charge on any atom is -0.292 e. The molecular formula is C45H35N3S. The number of nitrogens with zero attached hydrogens (tertiary/aromatic N) is 3. The summed E-state index contributed by atoms with van der Waals surface area (Å²) in [6.07, 6.45) is 0.947. The molecule has 10 rings (SSSR count). The van der Waals surface area contributed by atoms with Gasteiger partial charge in [0.2, 0.25) is 0 Å². The molecule has 0 bridgehead atoms. The van der Waals surface area contributed by atoms with Gasteiger partial charge in [-0.3, -0.25) is 9.56 Å². The van der Waals surface area contributed by atoms with E-state index in [1.54, 1.807) is 0 Å². The summed E-state index contributed by atoms with van der Waals surface area (Å²) in [5, 5.41) is 6.14. The Balaban J connectivity index is 1.36. The summed E-state index contributed by atoms with van der Waals surface area (Å²) in [5.74, 6) is 1.26. The molecule has 1 aliphatic heterocycles. The first-order valence-corrected chi connectivity index (χ1v) is 18.1. The van der Waals surface area contributed by atoms with E-state index in [4.69, 9.17) is 9.98 Å². The minimum atomic E-state index is -0.126. The van der Waals surface area contributed by atoms with Crippen LogP contribution in [-0.2, 0) is 11.8 Å². The van der Waals surface area contributed by atoms with Crippen molar-refractivity contribution in [3.8, 4) is 11.1 Å². The lowest BCUT2D eigenvalue weighted by molar-refractivity contribution is 0.600. The van der Waals surface area contributed by atoms with Crippen molar-refractivity contribution < 1.29 is 0 Å². The quantitative estimate of drug-likeness (QED) is 0.169. The summed E-state index contributed by atoms with van der Waals surface area (Å²) >= 11 is 1.89. The van der Waals surface area contributed by atoms with Crippen molar-refractivity contribution in [1.29, 1.82) is 0 Å². The van der Waals surface area contributed by atoms with Crippen LogP contribution in [0.15, 0.2) is 137 Å². The summed E-state index contributed by atoms with van der Waals surface area (Å²) in [5.41, 5.74) is 10.6. The molecule has 0 amide bonds. The van der Waals surface area contributed by atoms with Gasteiger partial charge in [-0.05, 0) is 69.6 Å². The number of aliphatic imine (C=N–C) groups is 2. The standard InChI is InChI=1S/C45H35N3S/c1-27-23-40-42(32-17-8-11-22-39(32)49-40)47-43(33-18-12-20-36-41(33)31-16-6-9-19-35(31)45(36,2)3)44(46-26-27)48-37-21-10-7-15-30(37)34-24-28-13-4-5-14-29(28)25-38(34)48/h4-22,24-25,27H,23,26H2,1-3H3. The monoisotopic (exact) mass is 649 g/mol. The van der Waals surface area contributed by atoms with Gasteiger partial charge >= 0.3 is 0 Å². The van der Waals surface area contributed by atoms with Crippen LogP contribution < -0.4 is 0 Å². The molecule has 0 saturated carbocycles. The Labute approximate surface area is 289 Å². The molecule has 0 fully saturated rings. The Kier molecular flexibility index (Phi) is 6.20. The normalized spacial score (nSPS) is 16.9. The molecule has 2 aliphatic rings. The van der Waals surface area contributed by atoms with E-state index < -0.39 is 0 Å². The maximum atomic E-state index is 5.84. The second kappa shape index (κ2) is 10.6. The maximum absolute atomic E-state index is 5.84. The van der Waals surface area contributed by atoms with Crippen molar-refractivity contribution >= 4 is 71.2 Å². The summed E-state index contributed by atoms with van der Waals surface area (Å²) in [6.45, 7) is 7.75. The van der Waals surface area contributed by atoms with Crippen LogP contribution >= 0.6 is 11.3 Å². The molecule has 1 aliphatic carbocycles.